The Hall–Kier alpha value is -2.59. The zero-order chi connectivity index (χ0) is 15.4. The highest BCUT2D eigenvalue weighted by Gasteiger charge is 2.24. The number of allylic oxidation sites excluding steroid dienone is 2. The Bertz CT molecular complexity index is 761. The fourth-order valence-electron chi connectivity index (χ4n) is 2.10. The molecule has 0 saturated carbocycles. The van der Waals surface area contributed by atoms with Crippen molar-refractivity contribution in [3.63, 3.8) is 0 Å². The monoisotopic (exact) mass is 307 g/mol. The number of carbonyl (C=O) groups excluding carboxylic acids is 2. The molecule has 3 rings (SSSR count). The van der Waals surface area contributed by atoms with E-state index in [9.17, 15) is 9.59 Å². The van der Waals surface area contributed by atoms with Crippen LogP contribution in [0.15, 0.2) is 71.7 Å². The van der Waals surface area contributed by atoms with Crippen LogP contribution in [0.3, 0.4) is 0 Å². The van der Waals surface area contributed by atoms with Crippen LogP contribution in [0, 0.1) is 0 Å². The fraction of sp³-hybridized carbons (Fsp3) is 0. The molecule has 2 aromatic carbocycles. The summed E-state index contributed by atoms with van der Waals surface area (Å²) < 4.78 is 0. The Kier molecular flexibility index (Phi) is 4.21. The van der Waals surface area contributed by atoms with E-state index in [4.69, 9.17) is 0 Å². The molecule has 1 fully saturated rings. The normalized spacial score (nSPS) is 16.5. The van der Waals surface area contributed by atoms with Crippen LogP contribution in [-0.4, -0.2) is 11.1 Å². The Morgan fingerprint density at radius 3 is 2.18 bits per heavy atom. The second kappa shape index (κ2) is 6.45. The van der Waals surface area contributed by atoms with Crippen molar-refractivity contribution in [2.24, 2.45) is 0 Å². The van der Waals surface area contributed by atoms with Crippen LogP contribution < -0.4 is 5.32 Å². The molecule has 108 valence electrons. The first kappa shape index (κ1) is 14.4. The number of hydrogen-bond donors (Lipinski definition) is 1. The summed E-state index contributed by atoms with van der Waals surface area (Å²) in [6.45, 7) is 0. The highest BCUT2D eigenvalue weighted by atomic mass is 32.2. The van der Waals surface area contributed by atoms with Crippen LogP contribution in [0.1, 0.15) is 5.56 Å². The second-order valence-electron chi connectivity index (χ2n) is 4.72. The van der Waals surface area contributed by atoms with Crippen molar-refractivity contribution in [1.82, 2.24) is 5.32 Å². The predicted molar refractivity (Wildman–Crippen MR) is 90.1 cm³/mol. The lowest BCUT2D eigenvalue weighted by Crippen LogP contribution is -2.17. The summed E-state index contributed by atoms with van der Waals surface area (Å²) in [7, 11) is 0. The third-order valence-corrected chi connectivity index (χ3v) is 4.02. The van der Waals surface area contributed by atoms with Crippen LogP contribution in [0.2, 0.25) is 0 Å². The van der Waals surface area contributed by atoms with Gasteiger partial charge in [-0.25, -0.2) is 0 Å². The zero-order valence-electron chi connectivity index (χ0n) is 11.7. The number of hydrogen-bond acceptors (Lipinski definition) is 3. The molecule has 4 heteroatoms. The highest BCUT2D eigenvalue weighted by Crippen LogP contribution is 2.23. The molecule has 0 atom stereocenters. The Labute approximate surface area is 132 Å². The van der Waals surface area contributed by atoms with Crippen LogP contribution in [0.4, 0.5) is 4.79 Å². The maximum Gasteiger partial charge on any atom is 0.290 e. The number of rotatable bonds is 3. The van der Waals surface area contributed by atoms with E-state index < -0.39 is 0 Å². The molecule has 2 amide bonds. The predicted octanol–water partition coefficient (Wildman–Crippen LogP) is 4.23. The standard InChI is InChI=1S/C18H13NO2S/c20-17-16(22-18(21)19-17)8-4-5-13-9-11-15(12-10-13)14-6-2-1-3-7-14/h1-12H,(H,19,20,21). The molecule has 1 saturated heterocycles. The van der Waals surface area contributed by atoms with Gasteiger partial charge in [-0.1, -0.05) is 66.7 Å². The lowest BCUT2D eigenvalue weighted by atomic mass is 10.0. The Balaban J connectivity index is 1.71. The second-order valence-corrected chi connectivity index (χ2v) is 5.74. The third kappa shape index (κ3) is 3.35. The van der Waals surface area contributed by atoms with E-state index in [2.05, 4.69) is 29.6 Å². The van der Waals surface area contributed by atoms with Crippen molar-refractivity contribution in [3.8, 4) is 11.1 Å². The van der Waals surface area contributed by atoms with Gasteiger partial charge in [-0.05, 0) is 34.5 Å². The molecular weight excluding hydrogens is 294 g/mol. The van der Waals surface area contributed by atoms with E-state index in [-0.39, 0.29) is 11.1 Å². The molecule has 0 aromatic heterocycles. The number of benzene rings is 2. The number of amides is 2. The summed E-state index contributed by atoms with van der Waals surface area (Å²) in [6.07, 6.45) is 5.33. The van der Waals surface area contributed by atoms with Crippen molar-refractivity contribution < 1.29 is 9.59 Å². The fourth-order valence-corrected chi connectivity index (χ4v) is 2.73. The minimum Gasteiger partial charge on any atom is -0.282 e. The smallest absolute Gasteiger partial charge is 0.282 e. The number of nitrogens with one attached hydrogen (secondary N) is 1. The van der Waals surface area contributed by atoms with Crippen LogP contribution >= 0.6 is 11.8 Å². The summed E-state index contributed by atoms with van der Waals surface area (Å²) in [5.74, 6) is -0.334. The van der Waals surface area contributed by atoms with E-state index in [1.54, 1.807) is 12.2 Å². The van der Waals surface area contributed by atoms with Gasteiger partial charge < -0.3 is 0 Å². The summed E-state index contributed by atoms with van der Waals surface area (Å²) in [5, 5.41) is 1.90. The van der Waals surface area contributed by atoms with Gasteiger partial charge in [0.25, 0.3) is 11.1 Å². The van der Waals surface area contributed by atoms with Crippen molar-refractivity contribution >= 4 is 29.0 Å². The average Bonchev–Trinajstić information content (AvgIpc) is 2.87. The van der Waals surface area contributed by atoms with Crippen LogP contribution in [0.25, 0.3) is 17.2 Å². The van der Waals surface area contributed by atoms with Crippen molar-refractivity contribution in [3.05, 3.63) is 77.2 Å². The minimum atomic E-state index is -0.334. The summed E-state index contributed by atoms with van der Waals surface area (Å²) in [5.41, 5.74) is 3.37. The first-order valence-corrected chi connectivity index (χ1v) is 7.61. The Morgan fingerprint density at radius 2 is 1.55 bits per heavy atom. The molecule has 0 spiro atoms. The van der Waals surface area contributed by atoms with E-state index in [0.717, 1.165) is 22.9 Å². The molecule has 22 heavy (non-hydrogen) atoms. The number of thioether (sulfide) groups is 1. The first-order chi connectivity index (χ1) is 10.7. The van der Waals surface area contributed by atoms with Crippen LogP contribution in [-0.2, 0) is 4.79 Å². The van der Waals surface area contributed by atoms with Gasteiger partial charge in [-0.3, -0.25) is 14.9 Å². The molecule has 2 aromatic rings. The first-order valence-electron chi connectivity index (χ1n) is 6.79. The lowest BCUT2D eigenvalue weighted by molar-refractivity contribution is -0.115. The molecule has 1 N–H and O–H groups in total. The average molecular weight is 307 g/mol. The zero-order valence-corrected chi connectivity index (χ0v) is 12.5. The quantitative estimate of drug-likeness (QED) is 0.863. The molecule has 0 radical (unpaired) electrons. The summed E-state index contributed by atoms with van der Waals surface area (Å²) >= 11 is 0.919. The molecule has 1 heterocycles. The summed E-state index contributed by atoms with van der Waals surface area (Å²) in [6, 6.07) is 18.3. The molecule has 1 aliphatic rings. The van der Waals surface area contributed by atoms with E-state index in [1.165, 1.54) is 5.56 Å². The number of carbonyl (C=O) groups is 2. The van der Waals surface area contributed by atoms with Crippen molar-refractivity contribution in [2.45, 2.75) is 0 Å². The lowest BCUT2D eigenvalue weighted by Gasteiger charge is -2.01. The third-order valence-electron chi connectivity index (χ3n) is 3.20. The van der Waals surface area contributed by atoms with Gasteiger partial charge in [0.05, 0.1) is 4.91 Å². The number of imide groups is 1. The van der Waals surface area contributed by atoms with Gasteiger partial charge >= 0.3 is 0 Å². The minimum absolute atomic E-state index is 0.322. The van der Waals surface area contributed by atoms with Crippen LogP contribution in [0.5, 0.6) is 0 Å². The Morgan fingerprint density at radius 1 is 0.864 bits per heavy atom. The highest BCUT2D eigenvalue weighted by molar-refractivity contribution is 8.18. The van der Waals surface area contributed by atoms with Gasteiger partial charge in [-0.2, -0.15) is 0 Å². The van der Waals surface area contributed by atoms with E-state index in [1.807, 2.05) is 36.4 Å². The van der Waals surface area contributed by atoms with Gasteiger partial charge in [0, 0.05) is 0 Å². The van der Waals surface area contributed by atoms with E-state index in [0.29, 0.717) is 4.91 Å². The van der Waals surface area contributed by atoms with Gasteiger partial charge in [0.15, 0.2) is 0 Å². The van der Waals surface area contributed by atoms with Gasteiger partial charge in [0.1, 0.15) is 0 Å². The van der Waals surface area contributed by atoms with Crippen molar-refractivity contribution in [2.75, 3.05) is 0 Å². The molecule has 0 bridgehead atoms. The molecule has 3 nitrogen and oxygen atoms in total. The molecule has 1 aliphatic heterocycles. The molecular formula is C18H13NO2S. The largest absolute Gasteiger partial charge is 0.290 e. The topological polar surface area (TPSA) is 46.2 Å². The van der Waals surface area contributed by atoms with E-state index >= 15 is 0 Å². The SMILES string of the molecule is O=C1NC(=O)C(=CC=Cc2ccc(-c3ccccc3)cc2)S1. The van der Waals surface area contributed by atoms with Gasteiger partial charge in [0.2, 0.25) is 0 Å². The van der Waals surface area contributed by atoms with Crippen molar-refractivity contribution in [1.29, 1.82) is 0 Å². The maximum atomic E-state index is 11.4. The summed E-state index contributed by atoms with van der Waals surface area (Å²) in [4.78, 5) is 22.8. The molecule has 0 unspecified atom stereocenters. The van der Waals surface area contributed by atoms with Gasteiger partial charge in [-0.15, -0.1) is 0 Å². The molecule has 0 aliphatic carbocycles. The maximum absolute atomic E-state index is 11.4.